The second-order valence-electron chi connectivity index (χ2n) is 35.6. The third-order valence-electron chi connectivity index (χ3n) is 24.7. The van der Waals surface area contributed by atoms with E-state index in [1.807, 2.05) is 56.1 Å². The summed E-state index contributed by atoms with van der Waals surface area (Å²) < 4.78 is 112. The number of benzene rings is 2. The highest BCUT2D eigenvalue weighted by molar-refractivity contribution is 7.93. The number of nitrogens with zero attached hydrogens (tertiary/aromatic N) is 19. The maximum Gasteiger partial charge on any atom is 0.355 e. The van der Waals surface area contributed by atoms with Gasteiger partial charge in [-0.05, 0) is 209 Å². The molecular weight excluding hydrogens is 1740 g/mol. The van der Waals surface area contributed by atoms with Crippen molar-refractivity contribution in [2.75, 3.05) is 68.9 Å². The molecule has 6 atom stereocenters. The van der Waals surface area contributed by atoms with Crippen LogP contribution >= 0.6 is 0 Å². The van der Waals surface area contributed by atoms with E-state index in [9.17, 15) is 46.5 Å². The molecule has 10 N–H and O–H groups in total. The van der Waals surface area contributed by atoms with Gasteiger partial charge in [-0.15, -0.1) is 17.5 Å². The van der Waals surface area contributed by atoms with Crippen molar-refractivity contribution in [2.45, 2.75) is 279 Å². The SMILES string of the molecule is CC(C)c1nn(CC2CC2)c(C(C)C)c1NC(=O)N=S(N)(=O)c1cnn2c1OCCC2.CC(C)c1nn(CC2CC2)c(C(C)C)c1NC(=O)N=S(N)(=O)c1cnn2c1OCCC2.CO[C@H]1CCOc2c(S(=O)(=NC(=O)Nc3c4c(cc5c3CCC5)CCC4)NC#N)cnn2C1.Cc1c2c(c(NC(=O)N=S(=O)(NC#N)c3cnn4c3OC[C@@H](N(C)C)C4)c3c1CCC3)CCC2. The van der Waals surface area contributed by atoms with Crippen molar-refractivity contribution in [2.24, 2.45) is 39.6 Å². The van der Waals surface area contributed by atoms with Crippen molar-refractivity contribution in [1.29, 1.82) is 10.5 Å². The second kappa shape index (κ2) is 38.6. The van der Waals surface area contributed by atoms with Gasteiger partial charge in [-0.3, -0.25) is 9.36 Å². The number of nitriles is 2. The van der Waals surface area contributed by atoms with Crippen LogP contribution in [0.1, 0.15) is 223 Å². The first-order chi connectivity index (χ1) is 61.7. The van der Waals surface area contributed by atoms with Crippen LogP contribution in [0, 0.1) is 41.7 Å². The number of fused-ring (bicyclic) bond motifs is 8. The van der Waals surface area contributed by atoms with Crippen LogP contribution in [0.25, 0.3) is 0 Å². The summed E-state index contributed by atoms with van der Waals surface area (Å²) in [5, 5.41) is 68.5. The molecule has 10 heterocycles. The van der Waals surface area contributed by atoms with E-state index in [4.69, 9.17) is 44.2 Å². The average molecular weight is 1850 g/mol. The Hall–Kier alpha value is -11.0. The van der Waals surface area contributed by atoms with E-state index in [2.05, 4.69) is 109 Å². The van der Waals surface area contributed by atoms with E-state index in [0.717, 1.165) is 148 Å². The highest BCUT2D eigenvalue weighted by Gasteiger charge is 2.38. The van der Waals surface area contributed by atoms with Crippen LogP contribution in [0.2, 0.25) is 0 Å². The van der Waals surface area contributed by atoms with Gasteiger partial charge in [0.1, 0.15) is 16.4 Å². The molecule has 2 fully saturated rings. The lowest BCUT2D eigenvalue weighted by Crippen LogP contribution is -2.41. The average Bonchev–Trinajstić information content (AvgIpc) is 1.62. The molecule has 0 radical (unpaired) electrons. The Kier molecular flexibility index (Phi) is 27.7. The zero-order valence-corrected chi connectivity index (χ0v) is 78.4. The van der Waals surface area contributed by atoms with Crippen molar-refractivity contribution in [3.63, 3.8) is 0 Å². The van der Waals surface area contributed by atoms with E-state index >= 15 is 0 Å². The molecule has 6 aliphatic carbocycles. The van der Waals surface area contributed by atoms with Crippen molar-refractivity contribution in [1.82, 2.24) is 73.0 Å². The predicted octanol–water partition coefficient (Wildman–Crippen LogP) is 12.1. The van der Waals surface area contributed by atoms with Crippen LogP contribution in [0.3, 0.4) is 0 Å². The van der Waals surface area contributed by atoms with Crippen LogP contribution in [0.4, 0.5) is 41.9 Å². The van der Waals surface area contributed by atoms with Gasteiger partial charge < -0.3 is 49.9 Å². The minimum Gasteiger partial charge on any atom is -0.477 e. The number of nitrogens with one attached hydrogen (secondary N) is 6. The highest BCUT2D eigenvalue weighted by atomic mass is 32.2. The number of carbonyl (C=O) groups excluding carboxylic acids is 4. The molecule has 2 aromatic carbocycles. The molecule has 0 bridgehead atoms. The molecule has 8 amide bonds. The van der Waals surface area contributed by atoms with E-state index in [1.165, 1.54) is 94.1 Å². The fraction of sp³-hybridized carbons (Fsp3) is 0.576. The van der Waals surface area contributed by atoms with Crippen LogP contribution in [-0.2, 0) is 135 Å². The zero-order chi connectivity index (χ0) is 91.7. The maximum absolute atomic E-state index is 13.8. The third-order valence-corrected chi connectivity index (χ3v) is 30.8. The van der Waals surface area contributed by atoms with E-state index in [0.29, 0.717) is 94.0 Å². The first kappa shape index (κ1) is 92.7. The number of hydrogen-bond donors (Lipinski definition) is 8. The number of urea groups is 4. The minimum atomic E-state index is -3.65. The number of likely N-dealkylation sites (N-methyl/N-ethyl adjacent to an activating group) is 1. The van der Waals surface area contributed by atoms with Crippen LogP contribution in [-0.4, -0.2) is 164 Å². The smallest absolute Gasteiger partial charge is 0.355 e. The summed E-state index contributed by atoms with van der Waals surface area (Å²) in [6.45, 7) is 24.2. The van der Waals surface area contributed by atoms with Crippen molar-refractivity contribution in [3.8, 4) is 35.9 Å². The van der Waals surface area contributed by atoms with Gasteiger partial charge in [0.2, 0.25) is 23.5 Å². The van der Waals surface area contributed by atoms with Gasteiger partial charge in [-0.2, -0.15) is 41.1 Å². The van der Waals surface area contributed by atoms with Gasteiger partial charge in [0.25, 0.3) is 0 Å². The molecular formula is C85H117N27O13S4. The Bertz CT molecular complexity index is 6060. The number of aromatic nitrogens is 12. The molecule has 694 valence electrons. The summed E-state index contributed by atoms with van der Waals surface area (Å²) in [4.78, 5) is 54.3. The standard InChI is InChI=1S/C23H29N7O3S.C22H26N6O4S.2C20H31N7O3S/c1-14-16-6-4-8-18(16)21(19-9-5-7-17(14)19)27-23(31)28-34(32,26-13-24)20-10-25-30-11-15(29(2)3)12-33-22(20)30;1-31-16-8-9-32-21-19(11-24-28(21)12-16)33(30,25-13-23)27-22(29)26-20-17-6-2-4-14(17)10-15-5-3-7-18(15)20;2*1-12(2)16-17(18(13(3)4)27(24-16)11-14-6-7-14)23-20(28)25-31(21,29)15-10-22-26-8-5-9-30-19(15)26/h10,15H,4-9,11-12H2,1-3H3,(H2,26,27,28,31,32);10-11,16H,2-9,12H2,1H3,(H2,25,26,27,29,30);2*10,12-14H,5-9,11H2,1-4H3,(H3,21,23,25,28,29)/t15-,34?;16-,33?;;/m00../s1. The van der Waals surface area contributed by atoms with Gasteiger partial charge >= 0.3 is 24.1 Å². The Morgan fingerprint density at radius 2 is 0.876 bits per heavy atom. The van der Waals surface area contributed by atoms with Crippen LogP contribution < -0.4 is 59.9 Å². The van der Waals surface area contributed by atoms with Crippen LogP contribution in [0.5, 0.6) is 23.5 Å². The number of rotatable bonds is 20. The quantitative estimate of drug-likeness (QED) is 0.0259. The summed E-state index contributed by atoms with van der Waals surface area (Å²) >= 11 is 0. The molecule has 4 aliphatic heterocycles. The summed E-state index contributed by atoms with van der Waals surface area (Å²) in [7, 11) is -8.82. The number of aryl methyl sites for hydroxylation is 4. The molecule has 40 nitrogen and oxygen atoms in total. The summed E-state index contributed by atoms with van der Waals surface area (Å²) in [6.07, 6.45) is 27.6. The predicted molar refractivity (Wildman–Crippen MR) is 482 cm³/mol. The fourth-order valence-electron chi connectivity index (χ4n) is 18.1. The topological polar surface area (TPSA) is 514 Å². The van der Waals surface area contributed by atoms with Gasteiger partial charge in [-0.25, -0.2) is 74.5 Å². The number of methoxy groups -OCH3 is 1. The lowest BCUT2D eigenvalue weighted by atomic mass is 9.93. The Balaban J connectivity index is 0.000000132. The first-order valence-electron chi connectivity index (χ1n) is 44.4. The molecule has 129 heavy (non-hydrogen) atoms. The Labute approximate surface area is 752 Å². The summed E-state index contributed by atoms with van der Waals surface area (Å²) in [5.74, 6) is 2.90. The molecule has 18 rings (SSSR count). The summed E-state index contributed by atoms with van der Waals surface area (Å²) in [5.41, 5.74) is 17.6. The monoisotopic (exact) mass is 1850 g/mol. The lowest BCUT2D eigenvalue weighted by Gasteiger charge is -2.29. The van der Waals surface area contributed by atoms with E-state index in [1.54, 1.807) is 33.5 Å². The third kappa shape index (κ3) is 20.0. The molecule has 44 heteroatoms. The second-order valence-corrected chi connectivity index (χ2v) is 42.9. The lowest BCUT2D eigenvalue weighted by molar-refractivity contribution is 0.0775. The van der Waals surface area contributed by atoms with Crippen molar-refractivity contribution in [3.05, 3.63) is 104 Å². The van der Waals surface area contributed by atoms with Gasteiger partial charge in [0.15, 0.2) is 61.8 Å². The van der Waals surface area contributed by atoms with E-state index < -0.39 is 63.8 Å². The molecule has 6 aromatic heterocycles. The Morgan fingerprint density at radius 1 is 0.496 bits per heavy atom. The molecule has 0 spiro atoms. The molecule has 10 aliphatic rings. The van der Waals surface area contributed by atoms with Gasteiger partial charge in [-0.1, -0.05) is 61.5 Å². The van der Waals surface area contributed by atoms with Gasteiger partial charge in [0.05, 0.1) is 104 Å². The molecule has 8 aromatic rings. The highest BCUT2D eigenvalue weighted by Crippen LogP contribution is 2.45. The van der Waals surface area contributed by atoms with E-state index in [-0.39, 0.29) is 67.2 Å². The Morgan fingerprint density at radius 3 is 1.30 bits per heavy atom. The van der Waals surface area contributed by atoms with Crippen molar-refractivity contribution >= 4 is 86.5 Å². The summed E-state index contributed by atoms with van der Waals surface area (Å²) in [6, 6.07) is -0.672. The molecule has 4 unspecified atom stereocenters. The molecule has 2 saturated carbocycles. The van der Waals surface area contributed by atoms with Gasteiger partial charge in [0, 0.05) is 63.9 Å². The largest absolute Gasteiger partial charge is 0.477 e. The molecule has 0 saturated heterocycles. The minimum absolute atomic E-state index is 0.0690. The van der Waals surface area contributed by atoms with Crippen LogP contribution in [0.15, 0.2) is 67.9 Å². The number of nitrogens with two attached hydrogens (primary N) is 2. The number of ether oxygens (including phenoxy) is 5. The first-order valence-corrected chi connectivity index (χ1v) is 50.5. The number of hydrogen-bond acceptors (Lipinski definition) is 22. The fourth-order valence-corrected chi connectivity index (χ4v) is 22.6. The number of carbonyl (C=O) groups is 4. The zero-order valence-electron chi connectivity index (χ0n) is 75.1. The number of amides is 8. The normalized spacial score (nSPS) is 19.0. The number of anilines is 4. The maximum atomic E-state index is 13.8. The van der Waals surface area contributed by atoms with Crippen molar-refractivity contribution < 1.29 is 59.7 Å².